The molecule has 144 valence electrons. The molecule has 0 aliphatic carbocycles. The average Bonchev–Trinajstić information content (AvgIpc) is 3.25. The maximum Gasteiger partial charge on any atom is 0.247 e. The number of benzene rings is 3. The Morgan fingerprint density at radius 2 is 1.55 bits per heavy atom. The van der Waals surface area contributed by atoms with Crippen LogP contribution in [0.2, 0.25) is 5.02 Å². The molecule has 2 heterocycles. The van der Waals surface area contributed by atoms with Gasteiger partial charge in [-0.05, 0) is 47.4 Å². The third-order valence-electron chi connectivity index (χ3n) is 5.41. The topological polar surface area (TPSA) is 42.2 Å². The van der Waals surface area contributed by atoms with Crippen LogP contribution in [0.25, 0.3) is 11.5 Å². The van der Waals surface area contributed by atoms with E-state index in [1.807, 2.05) is 30.3 Å². The molecule has 1 atom stereocenters. The summed E-state index contributed by atoms with van der Waals surface area (Å²) in [5.74, 6) is 1.12. The smallest absolute Gasteiger partial charge is 0.247 e. The second-order valence-electron chi connectivity index (χ2n) is 7.25. The average molecular weight is 402 g/mol. The largest absolute Gasteiger partial charge is 0.419 e. The van der Waals surface area contributed by atoms with Crippen LogP contribution in [0, 0.1) is 0 Å². The lowest BCUT2D eigenvalue weighted by molar-refractivity contribution is 0.182. The first-order chi connectivity index (χ1) is 14.3. The van der Waals surface area contributed by atoms with Crippen molar-refractivity contribution in [1.82, 2.24) is 15.1 Å². The van der Waals surface area contributed by atoms with Crippen LogP contribution < -0.4 is 0 Å². The predicted octanol–water partition coefficient (Wildman–Crippen LogP) is 5.54. The first kappa shape index (κ1) is 18.1. The van der Waals surface area contributed by atoms with Gasteiger partial charge in [-0.3, -0.25) is 4.90 Å². The maximum absolute atomic E-state index is 6.16. The molecule has 3 aromatic carbocycles. The molecule has 4 aromatic rings. The summed E-state index contributed by atoms with van der Waals surface area (Å²) in [6, 6.07) is 26.4. The maximum atomic E-state index is 6.16. The number of fused-ring (bicyclic) bond motifs is 1. The molecule has 0 spiro atoms. The molecule has 5 heteroatoms. The van der Waals surface area contributed by atoms with Crippen LogP contribution in [-0.4, -0.2) is 21.6 Å². The summed E-state index contributed by atoms with van der Waals surface area (Å²) in [6.45, 7) is 1.80. The Kier molecular flexibility index (Phi) is 4.88. The molecule has 0 saturated heterocycles. The van der Waals surface area contributed by atoms with Crippen LogP contribution in [0.1, 0.15) is 28.6 Å². The van der Waals surface area contributed by atoms with E-state index in [9.17, 15) is 0 Å². The normalized spacial score (nSPS) is 15.1. The van der Waals surface area contributed by atoms with E-state index in [2.05, 4.69) is 63.6 Å². The molecular weight excluding hydrogens is 382 g/mol. The molecule has 1 unspecified atom stereocenters. The van der Waals surface area contributed by atoms with Crippen molar-refractivity contribution in [1.29, 1.82) is 0 Å². The quantitative estimate of drug-likeness (QED) is 0.450. The summed E-state index contributed by atoms with van der Waals surface area (Å²) in [4.78, 5) is 2.41. The zero-order valence-electron chi connectivity index (χ0n) is 15.8. The second-order valence-corrected chi connectivity index (χ2v) is 7.69. The zero-order valence-corrected chi connectivity index (χ0v) is 16.6. The summed E-state index contributed by atoms with van der Waals surface area (Å²) in [5, 5.41) is 9.43. The van der Waals surface area contributed by atoms with E-state index in [4.69, 9.17) is 16.0 Å². The first-order valence-corrected chi connectivity index (χ1v) is 10.1. The lowest BCUT2D eigenvalue weighted by Gasteiger charge is -2.34. The summed E-state index contributed by atoms with van der Waals surface area (Å²) in [7, 11) is 0. The number of halogens is 1. The second kappa shape index (κ2) is 7.82. The zero-order chi connectivity index (χ0) is 19.6. The molecule has 0 N–H and O–H groups in total. The minimum Gasteiger partial charge on any atom is -0.419 e. The van der Waals surface area contributed by atoms with E-state index in [0.29, 0.717) is 16.8 Å². The minimum absolute atomic E-state index is 0.0851. The molecule has 0 amide bonds. The van der Waals surface area contributed by atoms with Crippen LogP contribution in [0.3, 0.4) is 0 Å². The fourth-order valence-electron chi connectivity index (χ4n) is 3.94. The van der Waals surface area contributed by atoms with Crippen molar-refractivity contribution in [3.63, 3.8) is 0 Å². The van der Waals surface area contributed by atoms with Gasteiger partial charge in [0.05, 0.1) is 0 Å². The van der Waals surface area contributed by atoms with E-state index in [-0.39, 0.29) is 6.04 Å². The van der Waals surface area contributed by atoms with Crippen molar-refractivity contribution in [3.8, 4) is 11.5 Å². The third-order valence-corrected chi connectivity index (χ3v) is 5.66. The molecule has 0 radical (unpaired) electrons. The molecule has 1 aromatic heterocycles. The Labute approximate surface area is 174 Å². The Hall–Kier alpha value is -2.95. The van der Waals surface area contributed by atoms with Crippen LogP contribution in [-0.2, 0) is 13.0 Å². The van der Waals surface area contributed by atoms with Crippen LogP contribution in [0.15, 0.2) is 83.3 Å². The number of hydrogen-bond acceptors (Lipinski definition) is 4. The Balaban J connectivity index is 1.52. The molecule has 1 aliphatic heterocycles. The van der Waals surface area contributed by atoms with Gasteiger partial charge in [-0.1, -0.05) is 66.2 Å². The van der Waals surface area contributed by atoms with Crippen molar-refractivity contribution >= 4 is 11.6 Å². The number of rotatable bonds is 4. The minimum atomic E-state index is -0.0851. The number of hydrogen-bond donors (Lipinski definition) is 0. The fourth-order valence-corrected chi connectivity index (χ4v) is 4.06. The SMILES string of the molecule is Clc1ccc(-c2nnc(C(c3ccccc3)N3CCc4ccccc4C3)o2)cc1. The van der Waals surface area contributed by atoms with Crippen molar-refractivity contribution < 1.29 is 4.42 Å². The summed E-state index contributed by atoms with van der Waals surface area (Å²) >= 11 is 6.00. The van der Waals surface area contributed by atoms with Crippen LogP contribution in [0.5, 0.6) is 0 Å². The molecule has 0 saturated carbocycles. The van der Waals surface area contributed by atoms with Crippen molar-refractivity contribution in [3.05, 3.63) is 106 Å². The molecule has 0 bridgehead atoms. The van der Waals surface area contributed by atoms with Gasteiger partial charge in [-0.15, -0.1) is 10.2 Å². The van der Waals surface area contributed by atoms with E-state index in [0.717, 1.165) is 30.6 Å². The Bertz CT molecular complexity index is 1110. The van der Waals surface area contributed by atoms with Crippen LogP contribution in [0.4, 0.5) is 0 Å². The number of nitrogens with zero attached hydrogens (tertiary/aromatic N) is 3. The van der Waals surface area contributed by atoms with Crippen molar-refractivity contribution in [2.45, 2.75) is 19.0 Å². The third kappa shape index (κ3) is 3.69. The Morgan fingerprint density at radius 3 is 2.34 bits per heavy atom. The lowest BCUT2D eigenvalue weighted by Crippen LogP contribution is -2.35. The highest BCUT2D eigenvalue weighted by Gasteiger charge is 2.30. The highest BCUT2D eigenvalue weighted by Crippen LogP contribution is 2.33. The highest BCUT2D eigenvalue weighted by molar-refractivity contribution is 6.30. The van der Waals surface area contributed by atoms with E-state index < -0.39 is 0 Å². The van der Waals surface area contributed by atoms with Gasteiger partial charge in [-0.25, -0.2) is 0 Å². The first-order valence-electron chi connectivity index (χ1n) is 9.73. The van der Waals surface area contributed by atoms with Gasteiger partial charge in [0.25, 0.3) is 0 Å². The van der Waals surface area contributed by atoms with Gasteiger partial charge in [0.1, 0.15) is 6.04 Å². The van der Waals surface area contributed by atoms with Gasteiger partial charge in [0, 0.05) is 23.7 Å². The van der Waals surface area contributed by atoms with E-state index in [1.165, 1.54) is 11.1 Å². The standard InChI is InChI=1S/C24H20ClN3O/c25-21-12-10-19(11-13-21)23-26-27-24(29-23)22(18-7-2-1-3-8-18)28-15-14-17-6-4-5-9-20(17)16-28/h1-13,22H,14-16H2. The summed E-state index contributed by atoms with van der Waals surface area (Å²) in [5.41, 5.74) is 4.79. The Morgan fingerprint density at radius 1 is 0.828 bits per heavy atom. The lowest BCUT2D eigenvalue weighted by atomic mass is 9.96. The van der Waals surface area contributed by atoms with Crippen molar-refractivity contribution in [2.24, 2.45) is 0 Å². The molecule has 0 fully saturated rings. The van der Waals surface area contributed by atoms with Gasteiger partial charge in [0.15, 0.2) is 0 Å². The highest BCUT2D eigenvalue weighted by atomic mass is 35.5. The van der Waals surface area contributed by atoms with Gasteiger partial charge < -0.3 is 4.42 Å². The molecule has 29 heavy (non-hydrogen) atoms. The summed E-state index contributed by atoms with van der Waals surface area (Å²) in [6.07, 6.45) is 1.01. The van der Waals surface area contributed by atoms with Crippen molar-refractivity contribution in [2.75, 3.05) is 6.54 Å². The predicted molar refractivity (Wildman–Crippen MR) is 114 cm³/mol. The summed E-state index contributed by atoms with van der Waals surface area (Å²) < 4.78 is 6.16. The van der Waals surface area contributed by atoms with E-state index in [1.54, 1.807) is 0 Å². The van der Waals surface area contributed by atoms with Gasteiger partial charge in [-0.2, -0.15) is 0 Å². The van der Waals surface area contributed by atoms with Gasteiger partial charge >= 0.3 is 0 Å². The molecule has 5 rings (SSSR count). The fraction of sp³-hybridized carbons (Fsp3) is 0.167. The van der Waals surface area contributed by atoms with E-state index >= 15 is 0 Å². The molecule has 1 aliphatic rings. The van der Waals surface area contributed by atoms with Gasteiger partial charge in [0.2, 0.25) is 11.8 Å². The number of aromatic nitrogens is 2. The molecular formula is C24H20ClN3O. The molecule has 4 nitrogen and oxygen atoms in total. The monoisotopic (exact) mass is 401 g/mol. The van der Waals surface area contributed by atoms with Crippen LogP contribution >= 0.6 is 11.6 Å².